The average molecular weight is 266 g/mol. The molecule has 0 aromatic carbocycles. The van der Waals surface area contributed by atoms with Gasteiger partial charge in [-0.05, 0) is 57.5 Å². The lowest BCUT2D eigenvalue weighted by molar-refractivity contribution is 0.0673. The Morgan fingerprint density at radius 1 is 1.00 bits per heavy atom. The fraction of sp³-hybridized carbons (Fsp3) is 1.00. The fourth-order valence-corrected chi connectivity index (χ4v) is 4.08. The molecule has 5 atom stereocenters. The van der Waals surface area contributed by atoms with Crippen LogP contribution < -0.4 is 5.32 Å². The minimum atomic E-state index is 0.684. The van der Waals surface area contributed by atoms with E-state index in [1.54, 1.807) is 0 Å². The first-order valence-electron chi connectivity index (χ1n) is 8.62. The molecule has 1 N–H and O–H groups in total. The predicted molar refractivity (Wildman–Crippen MR) is 83.5 cm³/mol. The quantitative estimate of drug-likeness (QED) is 0.820. The number of rotatable bonds is 2. The molecule has 2 heteroatoms. The zero-order valence-electron chi connectivity index (χ0n) is 13.5. The van der Waals surface area contributed by atoms with Gasteiger partial charge in [0.15, 0.2) is 0 Å². The molecule has 2 fully saturated rings. The predicted octanol–water partition coefficient (Wildman–Crippen LogP) is 3.66. The first-order valence-corrected chi connectivity index (χ1v) is 8.62. The zero-order valence-corrected chi connectivity index (χ0v) is 13.5. The minimum absolute atomic E-state index is 0.684. The molecule has 112 valence electrons. The molecule has 0 spiro atoms. The van der Waals surface area contributed by atoms with Gasteiger partial charge in [0.1, 0.15) is 0 Å². The lowest BCUT2D eigenvalue weighted by Crippen LogP contribution is -2.50. The first kappa shape index (κ1) is 15.3. The van der Waals surface area contributed by atoms with E-state index in [-0.39, 0.29) is 0 Å². The van der Waals surface area contributed by atoms with Crippen molar-refractivity contribution in [3.05, 3.63) is 0 Å². The van der Waals surface area contributed by atoms with Gasteiger partial charge in [0.25, 0.3) is 0 Å². The topological polar surface area (TPSA) is 15.3 Å². The molecule has 1 aliphatic carbocycles. The van der Waals surface area contributed by atoms with Crippen LogP contribution in [0.1, 0.15) is 66.2 Å². The Labute approximate surface area is 120 Å². The van der Waals surface area contributed by atoms with E-state index < -0.39 is 0 Å². The highest BCUT2D eigenvalue weighted by Gasteiger charge is 2.32. The highest BCUT2D eigenvalue weighted by atomic mass is 15.2. The largest absolute Gasteiger partial charge is 0.311 e. The van der Waals surface area contributed by atoms with Gasteiger partial charge in [-0.2, -0.15) is 0 Å². The summed E-state index contributed by atoms with van der Waals surface area (Å²) in [5, 5.41) is 3.79. The highest BCUT2D eigenvalue weighted by molar-refractivity contribution is 4.87. The maximum atomic E-state index is 3.79. The second-order valence-corrected chi connectivity index (χ2v) is 7.12. The van der Waals surface area contributed by atoms with Gasteiger partial charge in [0.05, 0.1) is 0 Å². The lowest BCUT2D eigenvalue weighted by atomic mass is 9.77. The average Bonchev–Trinajstić information content (AvgIpc) is 2.38. The van der Waals surface area contributed by atoms with Gasteiger partial charge >= 0.3 is 0 Å². The molecule has 19 heavy (non-hydrogen) atoms. The van der Waals surface area contributed by atoms with Gasteiger partial charge < -0.3 is 5.32 Å². The van der Waals surface area contributed by atoms with Gasteiger partial charge in [-0.3, -0.25) is 4.90 Å². The smallest absolute Gasteiger partial charge is 0.0123 e. The fourth-order valence-electron chi connectivity index (χ4n) is 4.08. The van der Waals surface area contributed by atoms with E-state index in [0.717, 1.165) is 23.9 Å². The molecule has 0 aromatic heterocycles. The highest BCUT2D eigenvalue weighted by Crippen LogP contribution is 2.33. The van der Waals surface area contributed by atoms with Crippen LogP contribution in [0.25, 0.3) is 0 Å². The molecule has 1 saturated heterocycles. The molecule has 5 unspecified atom stereocenters. The van der Waals surface area contributed by atoms with Crippen LogP contribution in [0.2, 0.25) is 0 Å². The van der Waals surface area contributed by atoms with E-state index in [0.29, 0.717) is 6.04 Å². The third kappa shape index (κ3) is 3.95. The van der Waals surface area contributed by atoms with Crippen LogP contribution in [0.4, 0.5) is 0 Å². The van der Waals surface area contributed by atoms with E-state index in [4.69, 9.17) is 0 Å². The van der Waals surface area contributed by atoms with E-state index in [9.17, 15) is 0 Å². The van der Waals surface area contributed by atoms with Crippen molar-refractivity contribution < 1.29 is 0 Å². The van der Waals surface area contributed by atoms with E-state index >= 15 is 0 Å². The zero-order chi connectivity index (χ0) is 13.8. The van der Waals surface area contributed by atoms with Crippen LogP contribution >= 0.6 is 0 Å². The van der Waals surface area contributed by atoms with Gasteiger partial charge in [0.2, 0.25) is 0 Å². The molecular weight excluding hydrogens is 232 g/mol. The second kappa shape index (κ2) is 7.08. The number of hydrogen-bond donors (Lipinski definition) is 1. The van der Waals surface area contributed by atoms with Crippen molar-refractivity contribution in [1.82, 2.24) is 10.2 Å². The summed E-state index contributed by atoms with van der Waals surface area (Å²) in [5.74, 6) is 1.80. The monoisotopic (exact) mass is 266 g/mol. The standard InChI is InChI=1S/C17H34N2/c1-5-16-10-12-19(11-9-14(3)18-16)17-8-6-7-13(2)15(17)4/h13-18H,5-12H2,1-4H3. The Morgan fingerprint density at radius 2 is 1.74 bits per heavy atom. The summed E-state index contributed by atoms with van der Waals surface area (Å²) in [6, 6.07) is 2.27. The normalized spacial score (nSPS) is 42.6. The molecule has 2 aliphatic rings. The Hall–Kier alpha value is -0.0800. The summed E-state index contributed by atoms with van der Waals surface area (Å²) >= 11 is 0. The Morgan fingerprint density at radius 3 is 2.47 bits per heavy atom. The van der Waals surface area contributed by atoms with Crippen LogP contribution in [0, 0.1) is 11.8 Å². The summed E-state index contributed by atoms with van der Waals surface area (Å²) in [4.78, 5) is 2.83. The van der Waals surface area contributed by atoms with Crippen LogP contribution in [-0.4, -0.2) is 36.1 Å². The maximum absolute atomic E-state index is 3.79. The SMILES string of the molecule is CCC1CCN(C2CCCC(C)C2C)CCC(C)N1. The summed E-state index contributed by atoms with van der Waals surface area (Å²) < 4.78 is 0. The second-order valence-electron chi connectivity index (χ2n) is 7.12. The number of nitrogens with one attached hydrogen (secondary N) is 1. The third-order valence-corrected chi connectivity index (χ3v) is 5.76. The molecule has 1 saturated carbocycles. The van der Waals surface area contributed by atoms with E-state index in [1.165, 1.54) is 51.6 Å². The van der Waals surface area contributed by atoms with Crippen molar-refractivity contribution in [2.24, 2.45) is 11.8 Å². The number of nitrogens with zero attached hydrogens (tertiary/aromatic N) is 1. The molecule has 2 rings (SSSR count). The number of hydrogen-bond acceptors (Lipinski definition) is 2. The van der Waals surface area contributed by atoms with Gasteiger partial charge in [-0.1, -0.05) is 33.6 Å². The van der Waals surface area contributed by atoms with Crippen molar-refractivity contribution in [2.45, 2.75) is 84.3 Å². The molecule has 0 aromatic rings. The van der Waals surface area contributed by atoms with Crippen LogP contribution in [0.5, 0.6) is 0 Å². The minimum Gasteiger partial charge on any atom is -0.311 e. The van der Waals surface area contributed by atoms with Crippen molar-refractivity contribution in [3.63, 3.8) is 0 Å². The molecule has 1 heterocycles. The maximum Gasteiger partial charge on any atom is 0.0123 e. The van der Waals surface area contributed by atoms with E-state index in [1.807, 2.05) is 0 Å². The van der Waals surface area contributed by atoms with Gasteiger partial charge in [0, 0.05) is 18.1 Å². The molecule has 0 bridgehead atoms. The Kier molecular flexibility index (Phi) is 5.70. The molecular formula is C17H34N2. The molecule has 0 radical (unpaired) electrons. The van der Waals surface area contributed by atoms with Crippen molar-refractivity contribution in [3.8, 4) is 0 Å². The summed E-state index contributed by atoms with van der Waals surface area (Å²) in [6.07, 6.45) is 8.24. The van der Waals surface area contributed by atoms with Crippen LogP contribution in [-0.2, 0) is 0 Å². The summed E-state index contributed by atoms with van der Waals surface area (Å²) in [7, 11) is 0. The van der Waals surface area contributed by atoms with Gasteiger partial charge in [-0.25, -0.2) is 0 Å². The van der Waals surface area contributed by atoms with Crippen molar-refractivity contribution in [2.75, 3.05) is 13.1 Å². The summed E-state index contributed by atoms with van der Waals surface area (Å²) in [5.41, 5.74) is 0. The molecule has 2 nitrogen and oxygen atoms in total. The van der Waals surface area contributed by atoms with Gasteiger partial charge in [-0.15, -0.1) is 0 Å². The van der Waals surface area contributed by atoms with Crippen LogP contribution in [0.15, 0.2) is 0 Å². The third-order valence-electron chi connectivity index (χ3n) is 5.76. The van der Waals surface area contributed by atoms with Crippen molar-refractivity contribution >= 4 is 0 Å². The Bertz CT molecular complexity index is 266. The summed E-state index contributed by atoms with van der Waals surface area (Å²) in [6.45, 7) is 12.2. The first-order chi connectivity index (χ1) is 9.11. The van der Waals surface area contributed by atoms with E-state index in [2.05, 4.69) is 37.9 Å². The Balaban J connectivity index is 1.97. The molecule has 1 aliphatic heterocycles. The lowest BCUT2D eigenvalue weighted by Gasteiger charge is -2.43. The van der Waals surface area contributed by atoms with Crippen molar-refractivity contribution in [1.29, 1.82) is 0 Å². The molecule has 0 amide bonds. The van der Waals surface area contributed by atoms with Crippen LogP contribution in [0.3, 0.4) is 0 Å².